The summed E-state index contributed by atoms with van der Waals surface area (Å²) in [5.41, 5.74) is 8.85. The number of aromatic nitrogens is 2. The number of pyridine rings is 1. The second-order valence-corrected chi connectivity index (χ2v) is 5.69. The Bertz CT molecular complexity index is 531. The molecule has 0 radical (unpaired) electrons. The van der Waals surface area contributed by atoms with Gasteiger partial charge in [-0.05, 0) is 36.8 Å². The lowest BCUT2D eigenvalue weighted by atomic mass is 9.77. The maximum absolute atomic E-state index is 6.49. The van der Waals surface area contributed by atoms with Crippen molar-refractivity contribution in [1.82, 2.24) is 9.61 Å². The second-order valence-electron chi connectivity index (χ2n) is 5.69. The Morgan fingerprint density at radius 3 is 3.11 bits per heavy atom. The summed E-state index contributed by atoms with van der Waals surface area (Å²) in [7, 11) is 0. The van der Waals surface area contributed by atoms with E-state index in [1.54, 1.807) is 0 Å². The number of hydrogen-bond acceptors (Lipinski definition) is 2. The molecule has 0 aromatic carbocycles. The van der Waals surface area contributed by atoms with Gasteiger partial charge in [0.2, 0.25) is 0 Å². The molecule has 96 valence electrons. The van der Waals surface area contributed by atoms with Crippen molar-refractivity contribution in [2.45, 2.75) is 38.6 Å². The van der Waals surface area contributed by atoms with Gasteiger partial charge in [0.05, 0.1) is 11.7 Å². The van der Waals surface area contributed by atoms with Gasteiger partial charge < -0.3 is 5.73 Å². The summed E-state index contributed by atoms with van der Waals surface area (Å²) in [5.74, 6) is 1.43. The van der Waals surface area contributed by atoms with E-state index in [9.17, 15) is 0 Å². The fourth-order valence-corrected chi connectivity index (χ4v) is 3.27. The van der Waals surface area contributed by atoms with E-state index in [0.717, 1.165) is 11.4 Å². The molecule has 2 aromatic rings. The molecule has 1 fully saturated rings. The molecular weight excluding hydrogens is 222 g/mol. The zero-order valence-electron chi connectivity index (χ0n) is 10.9. The van der Waals surface area contributed by atoms with Crippen molar-refractivity contribution >= 4 is 5.52 Å². The van der Waals surface area contributed by atoms with E-state index in [2.05, 4.69) is 24.2 Å². The average Bonchev–Trinajstić information content (AvgIpc) is 2.82. The molecule has 0 aliphatic heterocycles. The van der Waals surface area contributed by atoms with Gasteiger partial charge in [0.15, 0.2) is 0 Å². The van der Waals surface area contributed by atoms with E-state index in [0.29, 0.717) is 5.92 Å². The first-order valence-electron chi connectivity index (χ1n) is 6.93. The lowest BCUT2D eigenvalue weighted by Gasteiger charge is -2.30. The first-order chi connectivity index (χ1) is 8.75. The van der Waals surface area contributed by atoms with Gasteiger partial charge in [-0.15, -0.1) is 0 Å². The summed E-state index contributed by atoms with van der Waals surface area (Å²) in [6.45, 7) is 2.34. The summed E-state index contributed by atoms with van der Waals surface area (Å²) in [6.07, 6.45) is 9.12. The van der Waals surface area contributed by atoms with Gasteiger partial charge >= 0.3 is 0 Å². The third kappa shape index (κ3) is 2.03. The minimum Gasteiger partial charge on any atom is -0.324 e. The zero-order valence-corrected chi connectivity index (χ0v) is 10.9. The van der Waals surface area contributed by atoms with Crippen LogP contribution in [0.2, 0.25) is 0 Å². The van der Waals surface area contributed by atoms with E-state index in [1.807, 2.05) is 23.0 Å². The lowest BCUT2D eigenvalue weighted by molar-refractivity contribution is 0.248. The summed E-state index contributed by atoms with van der Waals surface area (Å²) in [4.78, 5) is 0. The third-order valence-electron chi connectivity index (χ3n) is 4.30. The molecular formula is C15H21N3. The molecule has 3 heteroatoms. The predicted molar refractivity (Wildman–Crippen MR) is 73.2 cm³/mol. The molecule has 3 nitrogen and oxygen atoms in total. The Kier molecular flexibility index (Phi) is 3.08. The maximum Gasteiger partial charge on any atom is 0.0709 e. The first kappa shape index (κ1) is 11.7. The Morgan fingerprint density at radius 2 is 2.28 bits per heavy atom. The van der Waals surface area contributed by atoms with Crippen molar-refractivity contribution in [3.05, 3.63) is 36.2 Å². The lowest BCUT2D eigenvalue weighted by Crippen LogP contribution is -2.26. The highest BCUT2D eigenvalue weighted by molar-refractivity contribution is 5.54. The van der Waals surface area contributed by atoms with Crippen LogP contribution in [-0.4, -0.2) is 9.61 Å². The van der Waals surface area contributed by atoms with E-state index in [-0.39, 0.29) is 6.04 Å². The van der Waals surface area contributed by atoms with Crippen molar-refractivity contribution in [1.29, 1.82) is 0 Å². The highest BCUT2D eigenvalue weighted by atomic mass is 15.2. The number of hydrogen-bond donors (Lipinski definition) is 1. The second kappa shape index (κ2) is 4.73. The third-order valence-corrected chi connectivity index (χ3v) is 4.30. The van der Waals surface area contributed by atoms with Crippen LogP contribution in [0.4, 0.5) is 0 Å². The molecule has 3 rings (SSSR count). The smallest absolute Gasteiger partial charge is 0.0709 e. The topological polar surface area (TPSA) is 43.3 Å². The van der Waals surface area contributed by atoms with Crippen LogP contribution < -0.4 is 5.73 Å². The monoisotopic (exact) mass is 243 g/mol. The van der Waals surface area contributed by atoms with E-state index in [4.69, 9.17) is 5.73 Å². The number of fused-ring (bicyclic) bond motifs is 1. The fraction of sp³-hybridized carbons (Fsp3) is 0.533. The molecule has 3 atom stereocenters. The van der Waals surface area contributed by atoms with Crippen LogP contribution in [0.25, 0.3) is 5.52 Å². The molecule has 2 N–H and O–H groups in total. The van der Waals surface area contributed by atoms with Crippen molar-refractivity contribution in [3.63, 3.8) is 0 Å². The van der Waals surface area contributed by atoms with Crippen LogP contribution in [0, 0.1) is 11.8 Å². The molecule has 2 aromatic heterocycles. The summed E-state index contributed by atoms with van der Waals surface area (Å²) < 4.78 is 1.92. The fourth-order valence-electron chi connectivity index (χ4n) is 3.27. The molecule has 0 saturated heterocycles. The van der Waals surface area contributed by atoms with Gasteiger partial charge in [-0.1, -0.05) is 25.8 Å². The molecule has 0 amide bonds. The van der Waals surface area contributed by atoms with Crippen molar-refractivity contribution < 1.29 is 0 Å². The van der Waals surface area contributed by atoms with Gasteiger partial charge in [0.25, 0.3) is 0 Å². The highest BCUT2D eigenvalue weighted by Gasteiger charge is 2.26. The van der Waals surface area contributed by atoms with Crippen LogP contribution in [0.1, 0.15) is 44.2 Å². The van der Waals surface area contributed by atoms with Crippen molar-refractivity contribution in [3.8, 4) is 0 Å². The SMILES string of the molecule is CC1CCCC(C(N)c2cnn3ccccc23)C1. The van der Waals surface area contributed by atoms with Gasteiger partial charge in [-0.3, -0.25) is 0 Å². The van der Waals surface area contributed by atoms with Gasteiger partial charge in [0.1, 0.15) is 0 Å². The van der Waals surface area contributed by atoms with Crippen LogP contribution in [-0.2, 0) is 0 Å². The zero-order chi connectivity index (χ0) is 12.5. The largest absolute Gasteiger partial charge is 0.324 e. The first-order valence-corrected chi connectivity index (χ1v) is 6.93. The molecule has 18 heavy (non-hydrogen) atoms. The Labute approximate surface area is 108 Å². The minimum atomic E-state index is 0.132. The van der Waals surface area contributed by atoms with E-state index in [1.165, 1.54) is 31.2 Å². The summed E-state index contributed by atoms with van der Waals surface area (Å²) in [5, 5.41) is 4.39. The van der Waals surface area contributed by atoms with Crippen molar-refractivity contribution in [2.24, 2.45) is 17.6 Å². The summed E-state index contributed by atoms with van der Waals surface area (Å²) in [6, 6.07) is 6.29. The molecule has 0 bridgehead atoms. The average molecular weight is 243 g/mol. The number of nitrogens with zero attached hydrogens (tertiary/aromatic N) is 2. The number of rotatable bonds is 2. The number of nitrogens with two attached hydrogens (primary N) is 1. The quantitative estimate of drug-likeness (QED) is 0.880. The van der Waals surface area contributed by atoms with E-state index < -0.39 is 0 Å². The molecule has 3 unspecified atom stereocenters. The summed E-state index contributed by atoms with van der Waals surface area (Å²) >= 11 is 0. The normalized spacial score (nSPS) is 26.3. The van der Waals surface area contributed by atoms with Crippen LogP contribution >= 0.6 is 0 Å². The maximum atomic E-state index is 6.49. The molecule has 1 aliphatic rings. The van der Waals surface area contributed by atoms with Crippen LogP contribution in [0.15, 0.2) is 30.6 Å². The highest BCUT2D eigenvalue weighted by Crippen LogP contribution is 2.36. The van der Waals surface area contributed by atoms with Gasteiger partial charge in [0, 0.05) is 17.8 Å². The molecule has 1 saturated carbocycles. The van der Waals surface area contributed by atoms with Crippen molar-refractivity contribution in [2.75, 3.05) is 0 Å². The minimum absolute atomic E-state index is 0.132. The van der Waals surface area contributed by atoms with Crippen LogP contribution in [0.3, 0.4) is 0 Å². The Hall–Kier alpha value is -1.35. The molecule has 1 aliphatic carbocycles. The van der Waals surface area contributed by atoms with E-state index >= 15 is 0 Å². The predicted octanol–water partition coefficient (Wildman–Crippen LogP) is 3.16. The van der Waals surface area contributed by atoms with Gasteiger partial charge in [-0.2, -0.15) is 5.10 Å². The van der Waals surface area contributed by atoms with Crippen LogP contribution in [0.5, 0.6) is 0 Å². The standard InChI is InChI=1S/C15H21N3/c1-11-5-4-6-12(9-11)15(16)13-10-17-18-8-3-2-7-14(13)18/h2-3,7-8,10-12,15H,4-6,9,16H2,1H3. The van der Waals surface area contributed by atoms with Gasteiger partial charge in [-0.25, -0.2) is 4.52 Å². The molecule has 0 spiro atoms. The Morgan fingerprint density at radius 1 is 1.39 bits per heavy atom. The molecule has 2 heterocycles. The Balaban J connectivity index is 1.89.